The molecule has 3 heterocycles. The maximum atomic E-state index is 12.5. The van der Waals surface area contributed by atoms with Crippen LogP contribution in [-0.4, -0.2) is 58.5 Å². The number of amides is 1. The van der Waals surface area contributed by atoms with Crippen molar-refractivity contribution in [2.24, 2.45) is 5.92 Å². The van der Waals surface area contributed by atoms with Gasteiger partial charge in [-0.25, -0.2) is 9.78 Å². The number of carboxylic acid groups (broad SMARTS) is 1. The molecule has 1 N–H and O–H groups in total. The number of rotatable bonds is 6. The second-order valence-corrected chi connectivity index (χ2v) is 11.2. The largest absolute Gasteiger partial charge is 0.481 e. The predicted molar refractivity (Wildman–Crippen MR) is 147 cm³/mol. The molecule has 1 aliphatic carbocycles. The second kappa shape index (κ2) is 11.0. The molecule has 8 heteroatoms. The van der Waals surface area contributed by atoms with Crippen LogP contribution in [0.2, 0.25) is 0 Å². The third-order valence-electron chi connectivity index (χ3n) is 9.02. The number of ether oxygens (including phenoxy) is 2. The van der Waals surface area contributed by atoms with Crippen LogP contribution in [0.5, 0.6) is 0 Å². The monoisotopic (exact) mass is 531 g/mol. The van der Waals surface area contributed by atoms with Crippen LogP contribution in [0.1, 0.15) is 72.0 Å². The summed E-state index contributed by atoms with van der Waals surface area (Å²) >= 11 is 0. The van der Waals surface area contributed by atoms with Crippen LogP contribution in [-0.2, 0) is 40.2 Å². The topological polar surface area (TPSA) is 93.9 Å². The number of aryl methyl sites for hydroxylation is 2. The highest BCUT2D eigenvalue weighted by molar-refractivity contribution is 5.84. The molecule has 1 saturated carbocycles. The van der Waals surface area contributed by atoms with Crippen molar-refractivity contribution < 1.29 is 24.2 Å². The summed E-state index contributed by atoms with van der Waals surface area (Å²) in [5.74, 6) is 0.671. The van der Waals surface area contributed by atoms with Crippen molar-refractivity contribution in [2.45, 2.75) is 69.9 Å². The molecule has 0 radical (unpaired) electrons. The van der Waals surface area contributed by atoms with E-state index in [1.54, 1.807) is 4.90 Å². The number of carbonyl (C=O) groups excluding carboxylic acids is 1. The zero-order valence-electron chi connectivity index (χ0n) is 22.6. The Labute approximate surface area is 228 Å². The van der Waals surface area contributed by atoms with Crippen molar-refractivity contribution in [1.29, 1.82) is 0 Å². The lowest BCUT2D eigenvalue weighted by atomic mass is 9.81. The van der Waals surface area contributed by atoms with Gasteiger partial charge in [0.25, 0.3) is 0 Å². The van der Waals surface area contributed by atoms with Gasteiger partial charge < -0.3 is 24.0 Å². The van der Waals surface area contributed by atoms with Crippen LogP contribution in [0.15, 0.2) is 36.4 Å². The zero-order valence-corrected chi connectivity index (χ0v) is 22.6. The number of hydrogen-bond acceptors (Lipinski definition) is 5. The van der Waals surface area contributed by atoms with Crippen LogP contribution in [0.4, 0.5) is 4.79 Å². The summed E-state index contributed by atoms with van der Waals surface area (Å²) in [5.41, 5.74) is 7.15. The van der Waals surface area contributed by atoms with Gasteiger partial charge in [-0.05, 0) is 67.7 Å². The summed E-state index contributed by atoms with van der Waals surface area (Å²) in [6, 6.07) is 12.9. The first kappa shape index (κ1) is 25.9. The third-order valence-corrected chi connectivity index (χ3v) is 9.02. The first-order chi connectivity index (χ1) is 19.0. The molecule has 39 heavy (non-hydrogen) atoms. The molecule has 2 fully saturated rings. The van der Waals surface area contributed by atoms with Crippen molar-refractivity contribution in [1.82, 2.24) is 14.5 Å². The smallest absolute Gasteiger partial charge is 0.409 e. The quantitative estimate of drug-likeness (QED) is 0.466. The Morgan fingerprint density at radius 1 is 1.08 bits per heavy atom. The van der Waals surface area contributed by atoms with E-state index in [-0.39, 0.29) is 17.9 Å². The fourth-order valence-electron chi connectivity index (χ4n) is 6.85. The molecule has 8 nitrogen and oxygen atoms in total. The number of imidazole rings is 1. The maximum absolute atomic E-state index is 12.5. The Kier molecular flexibility index (Phi) is 7.30. The number of aromatic nitrogens is 2. The maximum Gasteiger partial charge on any atom is 0.409 e. The zero-order chi connectivity index (χ0) is 26.9. The third kappa shape index (κ3) is 5.02. The molecule has 6 rings (SSSR count). The van der Waals surface area contributed by atoms with Gasteiger partial charge in [-0.1, -0.05) is 30.3 Å². The summed E-state index contributed by atoms with van der Waals surface area (Å²) in [5, 5.41) is 9.56. The van der Waals surface area contributed by atoms with Gasteiger partial charge in [-0.2, -0.15) is 0 Å². The van der Waals surface area contributed by atoms with E-state index >= 15 is 0 Å². The molecule has 0 unspecified atom stereocenters. The minimum atomic E-state index is -0.688. The number of fused-ring (bicyclic) bond motifs is 3. The van der Waals surface area contributed by atoms with Crippen molar-refractivity contribution in [2.75, 3.05) is 26.9 Å². The van der Waals surface area contributed by atoms with Gasteiger partial charge in [0.2, 0.25) is 0 Å². The number of carbonyl (C=O) groups is 2. The predicted octanol–water partition coefficient (Wildman–Crippen LogP) is 5.27. The normalized spacial score (nSPS) is 23.1. The summed E-state index contributed by atoms with van der Waals surface area (Å²) < 4.78 is 13.3. The molecular weight excluding hydrogens is 494 g/mol. The van der Waals surface area contributed by atoms with Crippen molar-refractivity contribution >= 4 is 23.1 Å². The minimum Gasteiger partial charge on any atom is -0.481 e. The number of benzene rings is 2. The molecule has 3 aromatic rings. The molecule has 2 aliphatic heterocycles. The van der Waals surface area contributed by atoms with E-state index in [4.69, 9.17) is 14.5 Å². The lowest BCUT2D eigenvalue weighted by Crippen LogP contribution is -2.36. The van der Waals surface area contributed by atoms with Crippen molar-refractivity contribution in [3.63, 3.8) is 0 Å². The van der Waals surface area contributed by atoms with Gasteiger partial charge in [0.05, 0.1) is 37.2 Å². The number of hydrogen-bond donors (Lipinski definition) is 1. The molecule has 2 aromatic carbocycles. The van der Waals surface area contributed by atoms with Gasteiger partial charge in [-0.15, -0.1) is 0 Å². The van der Waals surface area contributed by atoms with Crippen LogP contribution in [0.25, 0.3) is 11.0 Å². The standard InChI is InChI=1S/C31H37N3O5/c1-38-31(37)33-14-12-24-25(23-13-16-39-19-23)17-27-28(26(24)18-33)32-29(21-7-9-22(10-8-21)30(35)36)34(27)15-11-20-5-3-2-4-6-20/h2-6,17,21-23H,7-16,18-19H2,1H3,(H,35,36)/t21?,22?,23-/m0/s1. The van der Waals surface area contributed by atoms with Crippen LogP contribution >= 0.6 is 0 Å². The Balaban J connectivity index is 1.46. The molecule has 0 bridgehead atoms. The van der Waals surface area contributed by atoms with Crippen LogP contribution in [0.3, 0.4) is 0 Å². The number of aliphatic carboxylic acids is 1. The SMILES string of the molecule is COC(=O)N1CCc2c([C@H]3CCOC3)cc3c(nc(C4CCC(C(=O)O)CC4)n3CCc3ccccc3)c2C1. The molecule has 1 aromatic heterocycles. The van der Waals surface area contributed by atoms with E-state index in [1.165, 1.54) is 23.8 Å². The van der Waals surface area contributed by atoms with Crippen molar-refractivity contribution in [3.05, 3.63) is 64.5 Å². The van der Waals surface area contributed by atoms with Crippen molar-refractivity contribution in [3.8, 4) is 0 Å². The Bertz CT molecular complexity index is 1350. The Morgan fingerprint density at radius 3 is 2.56 bits per heavy atom. The number of methoxy groups -OCH3 is 1. The van der Waals surface area contributed by atoms with Gasteiger partial charge in [0, 0.05) is 37.1 Å². The number of carboxylic acids is 1. The van der Waals surface area contributed by atoms with Gasteiger partial charge in [-0.3, -0.25) is 4.79 Å². The molecule has 206 valence electrons. The van der Waals surface area contributed by atoms with Gasteiger partial charge >= 0.3 is 12.1 Å². The average Bonchev–Trinajstić information content (AvgIpc) is 3.64. The lowest BCUT2D eigenvalue weighted by molar-refractivity contribution is -0.142. The summed E-state index contributed by atoms with van der Waals surface area (Å²) in [6.45, 7) is 3.42. The highest BCUT2D eigenvalue weighted by Crippen LogP contribution is 2.41. The van der Waals surface area contributed by atoms with E-state index in [0.717, 1.165) is 74.3 Å². The Hall–Kier alpha value is -3.39. The molecule has 1 amide bonds. The van der Waals surface area contributed by atoms with E-state index < -0.39 is 5.97 Å². The van der Waals surface area contributed by atoms with Crippen LogP contribution in [0, 0.1) is 5.92 Å². The van der Waals surface area contributed by atoms with E-state index in [0.29, 0.717) is 31.8 Å². The van der Waals surface area contributed by atoms with E-state index in [2.05, 4.69) is 34.9 Å². The first-order valence-corrected chi connectivity index (χ1v) is 14.3. The van der Waals surface area contributed by atoms with Crippen LogP contribution < -0.4 is 0 Å². The molecule has 1 saturated heterocycles. The van der Waals surface area contributed by atoms with Gasteiger partial charge in [0.1, 0.15) is 5.82 Å². The minimum absolute atomic E-state index is 0.220. The highest BCUT2D eigenvalue weighted by atomic mass is 16.5. The lowest BCUT2D eigenvalue weighted by Gasteiger charge is -2.30. The first-order valence-electron chi connectivity index (χ1n) is 14.3. The fourth-order valence-corrected chi connectivity index (χ4v) is 6.85. The summed E-state index contributed by atoms with van der Waals surface area (Å²) in [7, 11) is 1.43. The summed E-state index contributed by atoms with van der Waals surface area (Å²) in [4.78, 5) is 31.3. The Morgan fingerprint density at radius 2 is 1.87 bits per heavy atom. The summed E-state index contributed by atoms with van der Waals surface area (Å²) in [6.07, 6.45) is 5.37. The molecule has 0 spiro atoms. The van der Waals surface area contributed by atoms with E-state index in [1.807, 2.05) is 6.07 Å². The van der Waals surface area contributed by atoms with Gasteiger partial charge in [0.15, 0.2) is 0 Å². The number of nitrogens with zero attached hydrogens (tertiary/aromatic N) is 3. The molecular formula is C31H37N3O5. The molecule has 1 atom stereocenters. The highest BCUT2D eigenvalue weighted by Gasteiger charge is 2.34. The van der Waals surface area contributed by atoms with E-state index in [9.17, 15) is 14.7 Å². The average molecular weight is 532 g/mol. The second-order valence-electron chi connectivity index (χ2n) is 11.2. The molecule has 3 aliphatic rings. The fraction of sp³-hybridized carbons (Fsp3) is 0.516.